The summed E-state index contributed by atoms with van der Waals surface area (Å²) in [5.74, 6) is -0.813. The molecule has 0 atom stereocenters. The normalized spacial score (nSPS) is 11.6. The van der Waals surface area contributed by atoms with Gasteiger partial charge in [0.15, 0.2) is 5.69 Å². The number of amides is 1. The molecule has 2 aromatic carbocycles. The Morgan fingerprint density at radius 2 is 1.87 bits per heavy atom. The summed E-state index contributed by atoms with van der Waals surface area (Å²) in [7, 11) is 0. The molecule has 0 unspecified atom stereocenters. The summed E-state index contributed by atoms with van der Waals surface area (Å²) >= 11 is 0. The van der Waals surface area contributed by atoms with Gasteiger partial charge in [0.2, 0.25) is 5.43 Å². The Balaban J connectivity index is 1.79. The molecular weight excluding hydrogens is 397 g/mol. The lowest BCUT2D eigenvalue weighted by atomic mass is 10.1. The molecule has 1 amide bonds. The first-order valence-electron chi connectivity index (χ1n) is 8.91. The Morgan fingerprint density at radius 1 is 1.10 bits per heavy atom. The van der Waals surface area contributed by atoms with Gasteiger partial charge in [-0.1, -0.05) is 18.2 Å². The molecule has 0 saturated carbocycles. The zero-order chi connectivity index (χ0) is 21.5. The maximum absolute atomic E-state index is 13.4. The fourth-order valence-electron chi connectivity index (χ4n) is 3.22. The van der Waals surface area contributed by atoms with Crippen molar-refractivity contribution in [3.05, 3.63) is 88.0 Å². The van der Waals surface area contributed by atoms with Crippen molar-refractivity contribution >= 4 is 22.5 Å². The minimum atomic E-state index is -4.62. The van der Waals surface area contributed by atoms with Crippen LogP contribution in [0, 0.1) is 6.92 Å². The highest BCUT2D eigenvalue weighted by Gasteiger charge is 2.34. The average molecular weight is 412 g/mol. The van der Waals surface area contributed by atoms with Gasteiger partial charge in [0, 0.05) is 28.9 Å². The number of carbonyl (C=O) groups is 1. The second-order valence-corrected chi connectivity index (χ2v) is 6.62. The summed E-state index contributed by atoms with van der Waals surface area (Å²) in [4.78, 5) is 28.1. The zero-order valence-corrected chi connectivity index (χ0v) is 15.6. The first-order valence-corrected chi connectivity index (χ1v) is 8.91. The van der Waals surface area contributed by atoms with Gasteiger partial charge in [-0.2, -0.15) is 18.3 Å². The lowest BCUT2D eigenvalue weighted by molar-refractivity contribution is -0.137. The zero-order valence-electron chi connectivity index (χ0n) is 15.6. The molecule has 6 nitrogen and oxygen atoms in total. The van der Waals surface area contributed by atoms with Gasteiger partial charge in [-0.05, 0) is 37.3 Å². The quantitative estimate of drug-likeness (QED) is 0.527. The summed E-state index contributed by atoms with van der Waals surface area (Å²) in [6, 6.07) is 12.9. The molecule has 0 fully saturated rings. The number of nitrogens with zero attached hydrogens (tertiary/aromatic N) is 2. The molecule has 2 heterocycles. The van der Waals surface area contributed by atoms with E-state index in [0.29, 0.717) is 5.69 Å². The van der Waals surface area contributed by atoms with Crippen molar-refractivity contribution in [2.45, 2.75) is 13.1 Å². The van der Waals surface area contributed by atoms with Gasteiger partial charge < -0.3 is 10.3 Å². The van der Waals surface area contributed by atoms with Gasteiger partial charge in [-0.15, -0.1) is 0 Å². The van der Waals surface area contributed by atoms with E-state index in [4.69, 9.17) is 0 Å². The molecule has 0 aliphatic carbocycles. The van der Waals surface area contributed by atoms with Crippen LogP contribution in [0.3, 0.4) is 0 Å². The number of aromatic nitrogens is 3. The van der Waals surface area contributed by atoms with E-state index in [1.165, 1.54) is 25.1 Å². The molecule has 0 bridgehead atoms. The molecule has 2 aromatic heterocycles. The molecule has 0 saturated heterocycles. The Bertz CT molecular complexity index is 1320. The lowest BCUT2D eigenvalue weighted by Gasteiger charge is -2.16. The van der Waals surface area contributed by atoms with Crippen LogP contribution in [0.2, 0.25) is 0 Å². The van der Waals surface area contributed by atoms with Crippen LogP contribution in [-0.2, 0) is 6.18 Å². The van der Waals surface area contributed by atoms with Gasteiger partial charge >= 0.3 is 6.18 Å². The molecular formula is C21H15F3N4O2. The van der Waals surface area contributed by atoms with Gasteiger partial charge in [0.05, 0.1) is 16.9 Å². The Hall–Kier alpha value is -3.88. The monoisotopic (exact) mass is 412 g/mol. The van der Waals surface area contributed by atoms with Crippen LogP contribution in [0.5, 0.6) is 0 Å². The first-order chi connectivity index (χ1) is 14.3. The number of alkyl halides is 3. The number of carbonyl (C=O) groups excluding carboxylic acids is 1. The van der Waals surface area contributed by atoms with Crippen molar-refractivity contribution < 1.29 is 18.0 Å². The van der Waals surface area contributed by atoms with E-state index in [0.717, 1.165) is 27.7 Å². The fourth-order valence-corrected chi connectivity index (χ4v) is 3.22. The number of H-pyrrole nitrogens is 1. The SMILES string of the molecule is Cc1cc(=O)c(C(=O)Nc2cccc3[nH]ccc23)nn1-c1ccccc1C(F)(F)F. The average Bonchev–Trinajstić information content (AvgIpc) is 3.17. The maximum Gasteiger partial charge on any atom is 0.418 e. The fraction of sp³-hybridized carbons (Fsp3) is 0.0952. The molecule has 30 heavy (non-hydrogen) atoms. The predicted molar refractivity (Wildman–Crippen MR) is 106 cm³/mol. The number of benzene rings is 2. The summed E-state index contributed by atoms with van der Waals surface area (Å²) in [5, 5.41) is 7.30. The number of anilines is 1. The van der Waals surface area contributed by atoms with Crippen LogP contribution < -0.4 is 10.7 Å². The molecule has 0 aliphatic heterocycles. The molecule has 0 radical (unpaired) electrons. The number of nitrogens with one attached hydrogen (secondary N) is 2. The minimum absolute atomic E-state index is 0.168. The van der Waals surface area contributed by atoms with Crippen LogP contribution >= 0.6 is 0 Å². The van der Waals surface area contributed by atoms with Gasteiger partial charge in [-0.3, -0.25) is 9.59 Å². The van der Waals surface area contributed by atoms with Crippen LogP contribution in [0.4, 0.5) is 18.9 Å². The molecule has 152 valence electrons. The van der Waals surface area contributed by atoms with E-state index in [2.05, 4.69) is 15.4 Å². The number of fused-ring (bicyclic) bond motifs is 1. The van der Waals surface area contributed by atoms with E-state index >= 15 is 0 Å². The molecule has 4 rings (SSSR count). The maximum atomic E-state index is 13.4. The predicted octanol–water partition coefficient (Wildman–Crippen LogP) is 4.29. The van der Waals surface area contributed by atoms with Crippen LogP contribution in [0.1, 0.15) is 21.7 Å². The highest BCUT2D eigenvalue weighted by atomic mass is 19.4. The van der Waals surface area contributed by atoms with E-state index in [1.807, 2.05) is 6.07 Å². The highest BCUT2D eigenvalue weighted by molar-refractivity contribution is 6.07. The van der Waals surface area contributed by atoms with Crippen LogP contribution in [0.15, 0.2) is 65.6 Å². The molecule has 9 heteroatoms. The second kappa shape index (κ2) is 7.18. The summed E-state index contributed by atoms with van der Waals surface area (Å²) in [6.07, 6.45) is -2.92. The van der Waals surface area contributed by atoms with Crippen LogP contribution in [0.25, 0.3) is 16.6 Å². The number of hydrogen-bond acceptors (Lipinski definition) is 3. The standard InChI is InChI=1S/C21H15F3N4O2/c1-12-11-18(29)19(20(30)26-16-7-4-6-15-13(16)9-10-25-15)27-28(12)17-8-3-2-5-14(17)21(22,23)24/h2-11,25H,1H3,(H,26,30). The second-order valence-electron chi connectivity index (χ2n) is 6.62. The Kier molecular flexibility index (Phi) is 4.65. The third kappa shape index (κ3) is 3.45. The number of aryl methyl sites for hydroxylation is 1. The van der Waals surface area contributed by atoms with E-state index in [9.17, 15) is 22.8 Å². The van der Waals surface area contributed by atoms with Gasteiger partial charge in [0.25, 0.3) is 5.91 Å². The van der Waals surface area contributed by atoms with Crippen molar-refractivity contribution in [1.82, 2.24) is 14.8 Å². The van der Waals surface area contributed by atoms with Crippen LogP contribution in [-0.4, -0.2) is 20.7 Å². The largest absolute Gasteiger partial charge is 0.418 e. The molecule has 4 aromatic rings. The summed E-state index contributed by atoms with van der Waals surface area (Å²) in [5.41, 5.74) is -1.00. The van der Waals surface area contributed by atoms with Crippen molar-refractivity contribution in [1.29, 1.82) is 0 Å². The lowest BCUT2D eigenvalue weighted by Crippen LogP contribution is -2.27. The van der Waals surface area contributed by atoms with E-state index in [-0.39, 0.29) is 11.4 Å². The van der Waals surface area contributed by atoms with Crippen molar-refractivity contribution in [2.24, 2.45) is 0 Å². The third-order valence-corrected chi connectivity index (χ3v) is 4.60. The summed E-state index contributed by atoms with van der Waals surface area (Å²) in [6.45, 7) is 1.45. The van der Waals surface area contributed by atoms with Gasteiger partial charge in [0.1, 0.15) is 0 Å². The Morgan fingerprint density at radius 3 is 2.63 bits per heavy atom. The highest BCUT2D eigenvalue weighted by Crippen LogP contribution is 2.33. The number of halogens is 3. The number of rotatable bonds is 3. The topological polar surface area (TPSA) is 79.8 Å². The minimum Gasteiger partial charge on any atom is -0.361 e. The van der Waals surface area contributed by atoms with E-state index < -0.39 is 28.8 Å². The van der Waals surface area contributed by atoms with Gasteiger partial charge in [-0.25, -0.2) is 4.68 Å². The van der Waals surface area contributed by atoms with Crippen molar-refractivity contribution in [3.8, 4) is 5.69 Å². The van der Waals surface area contributed by atoms with E-state index in [1.54, 1.807) is 24.4 Å². The smallest absolute Gasteiger partial charge is 0.361 e. The first kappa shape index (κ1) is 19.4. The Labute approximate surface area is 168 Å². The third-order valence-electron chi connectivity index (χ3n) is 4.60. The number of aromatic amines is 1. The molecule has 2 N–H and O–H groups in total. The molecule has 0 aliphatic rings. The number of hydrogen-bond donors (Lipinski definition) is 2. The van der Waals surface area contributed by atoms with Crippen molar-refractivity contribution in [3.63, 3.8) is 0 Å². The number of para-hydroxylation sites is 1. The summed E-state index contributed by atoms with van der Waals surface area (Å²) < 4.78 is 41.2. The van der Waals surface area contributed by atoms with Crippen molar-refractivity contribution in [2.75, 3.05) is 5.32 Å². The molecule has 0 spiro atoms.